The molecule has 1 aromatic heterocycles. The van der Waals surface area contributed by atoms with E-state index in [-0.39, 0.29) is 0 Å². The van der Waals surface area contributed by atoms with Crippen molar-refractivity contribution >= 4 is 17.3 Å². The van der Waals surface area contributed by atoms with E-state index < -0.39 is 0 Å². The molecule has 0 spiro atoms. The maximum atomic E-state index is 5.89. The fourth-order valence-corrected chi connectivity index (χ4v) is 2.16. The molecule has 0 fully saturated rings. The minimum atomic E-state index is 0.520. The van der Waals surface area contributed by atoms with Crippen molar-refractivity contribution < 1.29 is 4.52 Å². The second-order valence-electron chi connectivity index (χ2n) is 4.67. The van der Waals surface area contributed by atoms with Gasteiger partial charge in [0.1, 0.15) is 0 Å². The molecule has 0 radical (unpaired) electrons. The molecule has 3 rings (SSSR count). The lowest BCUT2D eigenvalue weighted by atomic mass is 10.1. The zero-order valence-electron chi connectivity index (χ0n) is 11.5. The van der Waals surface area contributed by atoms with Gasteiger partial charge >= 0.3 is 0 Å². The van der Waals surface area contributed by atoms with E-state index in [1.54, 1.807) is 6.92 Å². The molecule has 0 atom stereocenters. The summed E-state index contributed by atoms with van der Waals surface area (Å²) >= 11 is 5.89. The fourth-order valence-electron chi connectivity index (χ4n) is 2.03. The predicted octanol–water partition coefficient (Wildman–Crippen LogP) is 4.31. The van der Waals surface area contributed by atoms with Gasteiger partial charge in [0, 0.05) is 17.3 Å². The van der Waals surface area contributed by atoms with Crippen LogP contribution in [-0.2, 0) is 6.54 Å². The lowest BCUT2D eigenvalue weighted by molar-refractivity contribution is 0.426. The summed E-state index contributed by atoms with van der Waals surface area (Å²) in [6.45, 7) is 2.50. The molecule has 4 nitrogen and oxygen atoms in total. The molecule has 0 saturated heterocycles. The zero-order valence-corrected chi connectivity index (χ0v) is 12.3. The second-order valence-corrected chi connectivity index (χ2v) is 5.11. The molecular formula is C16H14ClN3O. The molecule has 5 heteroatoms. The van der Waals surface area contributed by atoms with E-state index in [1.165, 1.54) is 0 Å². The van der Waals surface area contributed by atoms with Crippen molar-refractivity contribution in [2.75, 3.05) is 5.32 Å². The molecular weight excluding hydrogens is 286 g/mol. The van der Waals surface area contributed by atoms with E-state index in [0.29, 0.717) is 18.3 Å². The third-order valence-electron chi connectivity index (χ3n) is 3.08. The van der Waals surface area contributed by atoms with Crippen LogP contribution in [0.3, 0.4) is 0 Å². The Labute approximate surface area is 127 Å². The van der Waals surface area contributed by atoms with E-state index in [0.717, 1.165) is 21.8 Å². The number of aromatic nitrogens is 2. The Hall–Kier alpha value is -2.33. The highest BCUT2D eigenvalue weighted by Crippen LogP contribution is 2.26. The van der Waals surface area contributed by atoms with E-state index in [2.05, 4.69) is 15.5 Å². The normalized spacial score (nSPS) is 10.6. The number of para-hydroxylation sites is 1. The molecule has 3 aromatic rings. The summed E-state index contributed by atoms with van der Waals surface area (Å²) in [6, 6.07) is 15.6. The van der Waals surface area contributed by atoms with Crippen LogP contribution < -0.4 is 5.32 Å². The van der Waals surface area contributed by atoms with E-state index in [9.17, 15) is 0 Å². The van der Waals surface area contributed by atoms with Crippen molar-refractivity contribution in [1.82, 2.24) is 10.1 Å². The summed E-state index contributed by atoms with van der Waals surface area (Å²) in [5.74, 6) is 1.14. The summed E-state index contributed by atoms with van der Waals surface area (Å²) in [5, 5.41) is 7.96. The minimum Gasteiger partial charge on any atom is -0.380 e. The van der Waals surface area contributed by atoms with Crippen molar-refractivity contribution in [2.24, 2.45) is 0 Å². The molecule has 21 heavy (non-hydrogen) atoms. The third-order valence-corrected chi connectivity index (χ3v) is 3.33. The van der Waals surface area contributed by atoms with Crippen LogP contribution in [0.1, 0.15) is 11.4 Å². The molecule has 0 amide bonds. The van der Waals surface area contributed by atoms with Gasteiger partial charge in [-0.3, -0.25) is 0 Å². The number of hydrogen-bond donors (Lipinski definition) is 1. The fraction of sp³-hybridized carbons (Fsp3) is 0.125. The van der Waals surface area contributed by atoms with E-state index >= 15 is 0 Å². The number of anilines is 1. The van der Waals surface area contributed by atoms with Gasteiger partial charge < -0.3 is 9.84 Å². The van der Waals surface area contributed by atoms with Gasteiger partial charge in [-0.25, -0.2) is 0 Å². The molecule has 0 saturated carbocycles. The van der Waals surface area contributed by atoms with Gasteiger partial charge in [-0.2, -0.15) is 4.98 Å². The summed E-state index contributed by atoms with van der Waals surface area (Å²) in [7, 11) is 0. The third kappa shape index (κ3) is 3.23. The average Bonchev–Trinajstić information content (AvgIpc) is 2.93. The van der Waals surface area contributed by atoms with Crippen molar-refractivity contribution in [1.29, 1.82) is 0 Å². The first-order valence-corrected chi connectivity index (χ1v) is 6.98. The highest BCUT2D eigenvalue weighted by atomic mass is 35.5. The quantitative estimate of drug-likeness (QED) is 0.780. The van der Waals surface area contributed by atoms with Crippen LogP contribution in [0.25, 0.3) is 11.5 Å². The average molecular weight is 300 g/mol. The topological polar surface area (TPSA) is 51.0 Å². The van der Waals surface area contributed by atoms with E-state index in [4.69, 9.17) is 16.1 Å². The monoisotopic (exact) mass is 299 g/mol. The Morgan fingerprint density at radius 3 is 2.57 bits per heavy atom. The smallest absolute Gasteiger partial charge is 0.260 e. The summed E-state index contributed by atoms with van der Waals surface area (Å²) < 4.78 is 5.24. The largest absolute Gasteiger partial charge is 0.380 e. The number of nitrogens with zero attached hydrogens (tertiary/aromatic N) is 2. The van der Waals surface area contributed by atoms with Gasteiger partial charge in [0.2, 0.25) is 0 Å². The molecule has 1 N–H and O–H groups in total. The molecule has 0 aliphatic carbocycles. The Morgan fingerprint density at radius 2 is 1.86 bits per heavy atom. The van der Waals surface area contributed by atoms with Crippen molar-refractivity contribution in [2.45, 2.75) is 13.5 Å². The highest BCUT2D eigenvalue weighted by Gasteiger charge is 2.10. The molecule has 0 bridgehead atoms. The lowest BCUT2D eigenvalue weighted by Gasteiger charge is -2.09. The number of hydrogen-bond acceptors (Lipinski definition) is 4. The van der Waals surface area contributed by atoms with Crippen LogP contribution in [0.2, 0.25) is 5.02 Å². The lowest BCUT2D eigenvalue weighted by Crippen LogP contribution is -2.00. The van der Waals surface area contributed by atoms with Crippen LogP contribution >= 0.6 is 11.6 Å². The van der Waals surface area contributed by atoms with Crippen molar-refractivity contribution in [3.63, 3.8) is 0 Å². The molecule has 2 aromatic carbocycles. The summed E-state index contributed by atoms with van der Waals surface area (Å²) in [6.07, 6.45) is 0. The second kappa shape index (κ2) is 5.97. The Kier molecular flexibility index (Phi) is 3.88. The van der Waals surface area contributed by atoms with Gasteiger partial charge in [0.05, 0.1) is 5.56 Å². The van der Waals surface area contributed by atoms with Crippen molar-refractivity contribution in [3.8, 4) is 11.5 Å². The van der Waals surface area contributed by atoms with Gasteiger partial charge in [0.15, 0.2) is 5.82 Å². The van der Waals surface area contributed by atoms with Gasteiger partial charge in [-0.05, 0) is 36.8 Å². The SMILES string of the molecule is Cc1noc(-c2ccccc2NCc2ccc(Cl)cc2)n1. The van der Waals surface area contributed by atoms with Crippen LogP contribution in [-0.4, -0.2) is 10.1 Å². The van der Waals surface area contributed by atoms with E-state index in [1.807, 2.05) is 48.5 Å². The van der Waals surface area contributed by atoms with Crippen LogP contribution in [0.15, 0.2) is 53.1 Å². The molecule has 0 unspecified atom stereocenters. The van der Waals surface area contributed by atoms with Crippen LogP contribution in [0.5, 0.6) is 0 Å². The number of rotatable bonds is 4. The van der Waals surface area contributed by atoms with Crippen molar-refractivity contribution in [3.05, 3.63) is 64.9 Å². The predicted molar refractivity (Wildman–Crippen MR) is 83.2 cm³/mol. The Balaban J connectivity index is 1.81. The summed E-state index contributed by atoms with van der Waals surface area (Å²) in [4.78, 5) is 4.27. The van der Waals surface area contributed by atoms with Gasteiger partial charge in [-0.1, -0.05) is 41.0 Å². The van der Waals surface area contributed by atoms with Gasteiger partial charge in [-0.15, -0.1) is 0 Å². The number of nitrogens with one attached hydrogen (secondary N) is 1. The number of aryl methyl sites for hydroxylation is 1. The maximum Gasteiger partial charge on any atom is 0.260 e. The first kappa shape index (κ1) is 13.6. The first-order valence-electron chi connectivity index (χ1n) is 6.60. The molecule has 0 aliphatic rings. The maximum absolute atomic E-state index is 5.89. The van der Waals surface area contributed by atoms with Crippen LogP contribution in [0.4, 0.5) is 5.69 Å². The number of halogens is 1. The first-order chi connectivity index (χ1) is 10.2. The Morgan fingerprint density at radius 1 is 1.10 bits per heavy atom. The highest BCUT2D eigenvalue weighted by molar-refractivity contribution is 6.30. The standard InChI is InChI=1S/C16H14ClN3O/c1-11-19-16(21-20-11)14-4-2-3-5-15(14)18-10-12-6-8-13(17)9-7-12/h2-9,18H,10H2,1H3. The van der Waals surface area contributed by atoms with Gasteiger partial charge in [0.25, 0.3) is 5.89 Å². The zero-order chi connectivity index (χ0) is 14.7. The summed E-state index contributed by atoms with van der Waals surface area (Å²) in [5.41, 5.74) is 3.00. The Bertz CT molecular complexity index is 737. The molecule has 0 aliphatic heterocycles. The molecule has 1 heterocycles. The van der Waals surface area contributed by atoms with Crippen LogP contribution in [0, 0.1) is 6.92 Å². The molecule has 106 valence electrons. The number of benzene rings is 2. The minimum absolute atomic E-state index is 0.520.